The molecule has 2 nitrogen and oxygen atoms in total. The Labute approximate surface area is 158 Å². The lowest BCUT2D eigenvalue weighted by Gasteiger charge is -2.41. The van der Waals surface area contributed by atoms with Crippen molar-refractivity contribution in [1.29, 1.82) is 0 Å². The standard InChI is InChI=1S/C20H35BrO2Si/c1-17(15-21)19(23-24(5,6)20(2,3)4)13-10-14-22-16-18-11-8-7-9-12-18/h7-9,11-12,17,19H,10,13-16H2,1-6H3/t17-,19-/m0/s1. The summed E-state index contributed by atoms with van der Waals surface area (Å²) in [6.45, 7) is 15.4. The van der Waals surface area contributed by atoms with Crippen molar-refractivity contribution in [1.82, 2.24) is 0 Å². The van der Waals surface area contributed by atoms with Crippen molar-refractivity contribution >= 4 is 24.2 Å². The maximum atomic E-state index is 6.67. The van der Waals surface area contributed by atoms with E-state index in [1.807, 2.05) is 6.07 Å². The molecule has 138 valence electrons. The summed E-state index contributed by atoms with van der Waals surface area (Å²) in [7, 11) is -1.73. The highest BCUT2D eigenvalue weighted by molar-refractivity contribution is 9.09. The van der Waals surface area contributed by atoms with Gasteiger partial charge in [-0.3, -0.25) is 0 Å². The zero-order chi connectivity index (χ0) is 18.2. The average Bonchev–Trinajstić information content (AvgIpc) is 2.52. The van der Waals surface area contributed by atoms with Gasteiger partial charge >= 0.3 is 0 Å². The van der Waals surface area contributed by atoms with Gasteiger partial charge in [0.2, 0.25) is 0 Å². The summed E-state index contributed by atoms with van der Waals surface area (Å²) in [6.07, 6.45) is 2.42. The highest BCUT2D eigenvalue weighted by Crippen LogP contribution is 2.38. The van der Waals surface area contributed by atoms with Gasteiger partial charge < -0.3 is 9.16 Å². The molecule has 1 aromatic carbocycles. The van der Waals surface area contributed by atoms with Gasteiger partial charge in [-0.1, -0.05) is 74.0 Å². The van der Waals surface area contributed by atoms with Gasteiger partial charge in [-0.2, -0.15) is 0 Å². The number of hydrogen-bond donors (Lipinski definition) is 0. The third kappa shape index (κ3) is 7.38. The van der Waals surface area contributed by atoms with E-state index in [-0.39, 0.29) is 5.04 Å². The van der Waals surface area contributed by atoms with Gasteiger partial charge in [0.15, 0.2) is 8.32 Å². The molecule has 1 aromatic rings. The molecule has 0 amide bonds. The highest BCUT2D eigenvalue weighted by atomic mass is 79.9. The van der Waals surface area contributed by atoms with Crippen molar-refractivity contribution in [2.45, 2.75) is 71.4 Å². The fourth-order valence-electron chi connectivity index (χ4n) is 2.27. The monoisotopic (exact) mass is 414 g/mol. The minimum atomic E-state index is -1.73. The Morgan fingerprint density at radius 1 is 1.12 bits per heavy atom. The van der Waals surface area contributed by atoms with Crippen LogP contribution in [0.25, 0.3) is 0 Å². The second kappa shape index (κ2) is 10.1. The van der Waals surface area contributed by atoms with Gasteiger partial charge in [-0.15, -0.1) is 0 Å². The first-order valence-corrected chi connectivity index (χ1v) is 13.1. The SMILES string of the molecule is C[C@@H](CBr)[C@H](CCCOCc1ccccc1)O[Si](C)(C)C(C)(C)C. The summed E-state index contributed by atoms with van der Waals surface area (Å²) in [6, 6.07) is 10.4. The van der Waals surface area contributed by atoms with Gasteiger partial charge in [-0.05, 0) is 42.5 Å². The van der Waals surface area contributed by atoms with Crippen molar-refractivity contribution in [3.63, 3.8) is 0 Å². The topological polar surface area (TPSA) is 18.5 Å². The zero-order valence-corrected chi connectivity index (χ0v) is 18.9. The molecule has 0 bridgehead atoms. The normalized spacial score (nSPS) is 15.3. The van der Waals surface area contributed by atoms with Crippen LogP contribution in [-0.4, -0.2) is 26.4 Å². The summed E-state index contributed by atoms with van der Waals surface area (Å²) >= 11 is 3.63. The quantitative estimate of drug-likeness (QED) is 0.250. The maximum absolute atomic E-state index is 6.67. The number of halogens is 1. The first-order valence-electron chi connectivity index (χ1n) is 9.03. The van der Waals surface area contributed by atoms with E-state index >= 15 is 0 Å². The fraction of sp³-hybridized carbons (Fsp3) is 0.700. The largest absolute Gasteiger partial charge is 0.414 e. The van der Waals surface area contributed by atoms with Crippen molar-refractivity contribution in [2.75, 3.05) is 11.9 Å². The summed E-state index contributed by atoms with van der Waals surface area (Å²) in [5, 5.41) is 1.23. The molecule has 4 heteroatoms. The smallest absolute Gasteiger partial charge is 0.192 e. The Kier molecular flexibility index (Phi) is 9.21. The van der Waals surface area contributed by atoms with Gasteiger partial charge in [0.1, 0.15) is 0 Å². The zero-order valence-electron chi connectivity index (χ0n) is 16.3. The van der Waals surface area contributed by atoms with Crippen molar-refractivity contribution in [2.24, 2.45) is 5.92 Å². The van der Waals surface area contributed by atoms with E-state index in [9.17, 15) is 0 Å². The fourth-order valence-corrected chi connectivity index (χ4v) is 4.14. The van der Waals surface area contributed by atoms with E-state index in [0.717, 1.165) is 24.8 Å². The molecule has 24 heavy (non-hydrogen) atoms. The summed E-state index contributed by atoms with van der Waals surface area (Å²) in [4.78, 5) is 0. The average molecular weight is 415 g/mol. The minimum Gasteiger partial charge on any atom is -0.414 e. The van der Waals surface area contributed by atoms with Gasteiger partial charge in [0, 0.05) is 18.0 Å². The van der Waals surface area contributed by atoms with Crippen molar-refractivity contribution in [3.8, 4) is 0 Å². The van der Waals surface area contributed by atoms with E-state index in [1.165, 1.54) is 5.56 Å². The summed E-state index contributed by atoms with van der Waals surface area (Å²) in [5.74, 6) is 0.522. The minimum absolute atomic E-state index is 0.251. The summed E-state index contributed by atoms with van der Waals surface area (Å²) in [5.41, 5.74) is 1.24. The van der Waals surface area contributed by atoms with E-state index in [2.05, 4.69) is 81.0 Å². The van der Waals surface area contributed by atoms with Gasteiger partial charge in [0.25, 0.3) is 0 Å². The first-order chi connectivity index (χ1) is 11.2. The van der Waals surface area contributed by atoms with Crippen LogP contribution in [0.4, 0.5) is 0 Å². The number of benzene rings is 1. The van der Waals surface area contributed by atoms with Crippen LogP contribution in [0, 0.1) is 5.92 Å². The molecule has 0 saturated heterocycles. The molecule has 0 radical (unpaired) electrons. The van der Waals surface area contributed by atoms with Crippen LogP contribution < -0.4 is 0 Å². The second-order valence-electron chi connectivity index (χ2n) is 8.23. The number of alkyl halides is 1. The van der Waals surface area contributed by atoms with E-state index in [4.69, 9.17) is 9.16 Å². The van der Waals surface area contributed by atoms with Crippen molar-refractivity contribution in [3.05, 3.63) is 35.9 Å². The molecule has 0 aromatic heterocycles. The molecule has 0 heterocycles. The van der Waals surface area contributed by atoms with Crippen LogP contribution in [0.15, 0.2) is 30.3 Å². The van der Waals surface area contributed by atoms with Crippen LogP contribution in [0.2, 0.25) is 18.1 Å². The Balaban J connectivity index is 2.43. The molecule has 0 unspecified atom stereocenters. The predicted octanol–water partition coefficient (Wildman–Crippen LogP) is 6.40. The van der Waals surface area contributed by atoms with Crippen LogP contribution in [-0.2, 0) is 15.8 Å². The van der Waals surface area contributed by atoms with E-state index < -0.39 is 8.32 Å². The molecule has 0 saturated carbocycles. The van der Waals surface area contributed by atoms with Gasteiger partial charge in [-0.25, -0.2) is 0 Å². The maximum Gasteiger partial charge on any atom is 0.192 e. The summed E-state index contributed by atoms with van der Waals surface area (Å²) < 4.78 is 12.5. The third-order valence-electron chi connectivity index (χ3n) is 5.02. The van der Waals surface area contributed by atoms with Crippen LogP contribution >= 0.6 is 15.9 Å². The Bertz CT molecular complexity index is 456. The van der Waals surface area contributed by atoms with Gasteiger partial charge in [0.05, 0.1) is 6.61 Å². The lowest BCUT2D eigenvalue weighted by atomic mass is 10.0. The molecule has 0 fully saturated rings. The third-order valence-corrected chi connectivity index (χ3v) is 10.5. The first kappa shape index (κ1) is 21.9. The Hall–Kier alpha value is -0.163. The molecule has 0 aliphatic carbocycles. The molecular formula is C20H35BrO2Si. The van der Waals surface area contributed by atoms with Crippen LogP contribution in [0.1, 0.15) is 46.1 Å². The lowest BCUT2D eigenvalue weighted by molar-refractivity contribution is 0.0859. The molecule has 0 aliphatic heterocycles. The lowest BCUT2D eigenvalue weighted by Crippen LogP contribution is -2.45. The van der Waals surface area contributed by atoms with Crippen molar-refractivity contribution < 1.29 is 9.16 Å². The molecule has 0 spiro atoms. The Morgan fingerprint density at radius 2 is 1.75 bits per heavy atom. The second-order valence-corrected chi connectivity index (χ2v) is 13.6. The predicted molar refractivity (Wildman–Crippen MR) is 110 cm³/mol. The number of ether oxygens (including phenoxy) is 1. The molecule has 0 N–H and O–H groups in total. The number of rotatable bonds is 10. The van der Waals surface area contributed by atoms with E-state index in [0.29, 0.717) is 18.6 Å². The van der Waals surface area contributed by atoms with Crippen LogP contribution in [0.3, 0.4) is 0 Å². The highest BCUT2D eigenvalue weighted by Gasteiger charge is 2.39. The van der Waals surface area contributed by atoms with Crippen LogP contribution in [0.5, 0.6) is 0 Å². The number of hydrogen-bond acceptors (Lipinski definition) is 2. The molecule has 1 rings (SSSR count). The Morgan fingerprint density at radius 3 is 2.29 bits per heavy atom. The molecule has 2 atom stereocenters. The molecular weight excluding hydrogens is 380 g/mol. The van der Waals surface area contributed by atoms with E-state index in [1.54, 1.807) is 0 Å². The molecule has 0 aliphatic rings.